The third-order valence-corrected chi connectivity index (χ3v) is 4.06. The molecule has 0 amide bonds. The van der Waals surface area contributed by atoms with Gasteiger partial charge in [-0.3, -0.25) is 0 Å². The summed E-state index contributed by atoms with van der Waals surface area (Å²) in [6, 6.07) is 14.4. The van der Waals surface area contributed by atoms with Gasteiger partial charge in [-0.25, -0.2) is 0 Å². The Kier molecular flexibility index (Phi) is 5.41. The lowest BCUT2D eigenvalue weighted by Gasteiger charge is -2.16. The molecular formula is C21H24N2O2. The van der Waals surface area contributed by atoms with E-state index in [9.17, 15) is 0 Å². The summed E-state index contributed by atoms with van der Waals surface area (Å²) in [6.07, 6.45) is 1.97. The van der Waals surface area contributed by atoms with Crippen molar-refractivity contribution in [3.63, 3.8) is 0 Å². The Morgan fingerprint density at radius 2 is 1.84 bits per heavy atom. The monoisotopic (exact) mass is 336 g/mol. The smallest absolute Gasteiger partial charge is 0.166 e. The zero-order chi connectivity index (χ0) is 17.6. The van der Waals surface area contributed by atoms with Gasteiger partial charge in [-0.1, -0.05) is 30.8 Å². The largest absolute Gasteiger partial charge is 0.493 e. The molecule has 0 atom stereocenters. The van der Waals surface area contributed by atoms with Crippen molar-refractivity contribution in [2.45, 2.75) is 20.0 Å². The van der Waals surface area contributed by atoms with Crippen LogP contribution < -0.4 is 14.8 Å². The molecule has 2 aromatic carbocycles. The topological polar surface area (TPSA) is 46.3 Å². The summed E-state index contributed by atoms with van der Waals surface area (Å²) in [5.41, 5.74) is 4.48. The van der Waals surface area contributed by atoms with Crippen LogP contribution in [0.1, 0.15) is 18.1 Å². The van der Waals surface area contributed by atoms with Crippen molar-refractivity contribution in [1.29, 1.82) is 0 Å². The number of nitrogens with one attached hydrogen (secondary N) is 2. The van der Waals surface area contributed by atoms with E-state index in [0.29, 0.717) is 13.2 Å². The van der Waals surface area contributed by atoms with Gasteiger partial charge < -0.3 is 19.8 Å². The molecule has 0 saturated carbocycles. The number of rotatable bonds is 8. The van der Waals surface area contributed by atoms with E-state index in [1.807, 2.05) is 25.3 Å². The normalized spacial score (nSPS) is 10.8. The van der Waals surface area contributed by atoms with Gasteiger partial charge in [0.2, 0.25) is 0 Å². The lowest BCUT2D eigenvalue weighted by Crippen LogP contribution is -2.14. The van der Waals surface area contributed by atoms with Crippen molar-refractivity contribution in [3.05, 3.63) is 71.9 Å². The molecule has 0 saturated heterocycles. The fourth-order valence-corrected chi connectivity index (χ4v) is 2.86. The zero-order valence-corrected chi connectivity index (χ0v) is 14.8. The zero-order valence-electron chi connectivity index (χ0n) is 14.8. The highest BCUT2D eigenvalue weighted by molar-refractivity contribution is 5.82. The van der Waals surface area contributed by atoms with E-state index in [4.69, 9.17) is 9.47 Å². The van der Waals surface area contributed by atoms with Gasteiger partial charge in [0.25, 0.3) is 0 Å². The second-order valence-corrected chi connectivity index (χ2v) is 6.15. The number of H-pyrrole nitrogens is 1. The van der Waals surface area contributed by atoms with Crippen LogP contribution in [-0.2, 0) is 13.1 Å². The van der Waals surface area contributed by atoms with E-state index in [-0.39, 0.29) is 0 Å². The Morgan fingerprint density at radius 1 is 1.08 bits per heavy atom. The highest BCUT2D eigenvalue weighted by atomic mass is 16.5. The maximum atomic E-state index is 5.91. The fraction of sp³-hybridized carbons (Fsp3) is 0.238. The van der Waals surface area contributed by atoms with E-state index >= 15 is 0 Å². The molecule has 3 aromatic rings. The predicted octanol–water partition coefficient (Wildman–Crippen LogP) is 4.42. The average Bonchev–Trinajstić information content (AvgIpc) is 3.09. The van der Waals surface area contributed by atoms with Gasteiger partial charge >= 0.3 is 0 Å². The van der Waals surface area contributed by atoms with Crippen LogP contribution in [0.2, 0.25) is 0 Å². The number of aromatic nitrogens is 1. The number of aromatic amines is 1. The van der Waals surface area contributed by atoms with Crippen LogP contribution in [0.5, 0.6) is 11.5 Å². The molecule has 0 radical (unpaired) electrons. The summed E-state index contributed by atoms with van der Waals surface area (Å²) in [7, 11) is 1.66. The van der Waals surface area contributed by atoms with Crippen LogP contribution in [0.15, 0.2) is 60.8 Å². The molecule has 0 unspecified atom stereocenters. The molecule has 0 fully saturated rings. The number of hydrogen-bond donors (Lipinski definition) is 2. The first-order chi connectivity index (χ1) is 12.2. The summed E-state index contributed by atoms with van der Waals surface area (Å²) >= 11 is 0. The maximum absolute atomic E-state index is 5.91. The molecule has 2 N–H and O–H groups in total. The van der Waals surface area contributed by atoms with Gasteiger partial charge in [-0.2, -0.15) is 0 Å². The first-order valence-corrected chi connectivity index (χ1v) is 8.38. The van der Waals surface area contributed by atoms with Gasteiger partial charge in [0.1, 0.15) is 6.61 Å². The molecule has 25 heavy (non-hydrogen) atoms. The quantitative estimate of drug-likeness (QED) is 0.599. The maximum Gasteiger partial charge on any atom is 0.166 e. The number of hydrogen-bond acceptors (Lipinski definition) is 3. The lowest BCUT2D eigenvalue weighted by atomic mass is 10.1. The van der Waals surface area contributed by atoms with Crippen LogP contribution >= 0.6 is 0 Å². The summed E-state index contributed by atoms with van der Waals surface area (Å²) in [6.45, 7) is 7.81. The minimum absolute atomic E-state index is 0.482. The summed E-state index contributed by atoms with van der Waals surface area (Å²) in [4.78, 5) is 3.25. The Balaban J connectivity index is 1.72. The molecule has 0 aliphatic carbocycles. The van der Waals surface area contributed by atoms with Crippen molar-refractivity contribution in [3.8, 4) is 11.5 Å². The lowest BCUT2D eigenvalue weighted by molar-refractivity contribution is 0.315. The highest BCUT2D eigenvalue weighted by Crippen LogP contribution is 2.31. The van der Waals surface area contributed by atoms with Gasteiger partial charge in [0, 0.05) is 35.8 Å². The van der Waals surface area contributed by atoms with E-state index < -0.39 is 0 Å². The minimum atomic E-state index is 0.482. The molecule has 130 valence electrons. The van der Waals surface area contributed by atoms with Crippen LogP contribution in [0.25, 0.3) is 10.9 Å². The standard InChI is InChI=1S/C21H24N2O2/c1-15(2)14-25-21-17(7-5-9-20(21)24-3)13-22-12-16-6-4-8-19-18(16)10-11-23-19/h4-11,22-23H,1,12-14H2,2-3H3. The number of benzene rings is 2. The molecule has 0 bridgehead atoms. The average molecular weight is 336 g/mol. The first-order valence-electron chi connectivity index (χ1n) is 8.38. The van der Waals surface area contributed by atoms with Crippen LogP contribution in [-0.4, -0.2) is 18.7 Å². The molecule has 3 rings (SSSR count). The molecule has 4 nitrogen and oxygen atoms in total. The Bertz CT molecular complexity index is 867. The van der Waals surface area contributed by atoms with Gasteiger partial charge in [0.05, 0.1) is 7.11 Å². The third-order valence-electron chi connectivity index (χ3n) is 4.06. The van der Waals surface area contributed by atoms with Crippen LogP contribution in [0, 0.1) is 0 Å². The summed E-state index contributed by atoms with van der Waals surface area (Å²) in [5, 5.41) is 4.76. The van der Waals surface area contributed by atoms with E-state index in [0.717, 1.165) is 34.7 Å². The van der Waals surface area contributed by atoms with E-state index in [2.05, 4.69) is 47.2 Å². The van der Waals surface area contributed by atoms with E-state index in [1.54, 1.807) is 7.11 Å². The highest BCUT2D eigenvalue weighted by Gasteiger charge is 2.11. The predicted molar refractivity (Wildman–Crippen MR) is 102 cm³/mol. The van der Waals surface area contributed by atoms with Crippen molar-refractivity contribution in [2.24, 2.45) is 0 Å². The first kappa shape index (κ1) is 17.1. The van der Waals surface area contributed by atoms with Crippen molar-refractivity contribution in [2.75, 3.05) is 13.7 Å². The number of methoxy groups -OCH3 is 1. The van der Waals surface area contributed by atoms with Crippen molar-refractivity contribution in [1.82, 2.24) is 10.3 Å². The fourth-order valence-electron chi connectivity index (χ4n) is 2.86. The molecule has 0 spiro atoms. The van der Waals surface area contributed by atoms with Gasteiger partial charge in [0.15, 0.2) is 11.5 Å². The van der Waals surface area contributed by atoms with Crippen molar-refractivity contribution >= 4 is 10.9 Å². The molecular weight excluding hydrogens is 312 g/mol. The molecule has 0 aliphatic heterocycles. The minimum Gasteiger partial charge on any atom is -0.493 e. The molecule has 1 heterocycles. The number of fused-ring (bicyclic) bond motifs is 1. The molecule has 0 aliphatic rings. The number of ether oxygens (including phenoxy) is 2. The third kappa shape index (κ3) is 4.03. The summed E-state index contributed by atoms with van der Waals surface area (Å²) < 4.78 is 11.4. The second-order valence-electron chi connectivity index (χ2n) is 6.15. The SMILES string of the molecule is C=C(C)COc1c(CNCc2cccc3[nH]ccc23)cccc1OC. The van der Waals surface area contributed by atoms with E-state index in [1.165, 1.54) is 10.9 Å². The van der Waals surface area contributed by atoms with Crippen molar-refractivity contribution < 1.29 is 9.47 Å². The molecule has 4 heteroatoms. The summed E-state index contributed by atoms with van der Waals surface area (Å²) in [5.74, 6) is 1.52. The molecule has 1 aromatic heterocycles. The van der Waals surface area contributed by atoms with Crippen LogP contribution in [0.3, 0.4) is 0 Å². The second kappa shape index (κ2) is 7.90. The Hall–Kier alpha value is -2.72. The number of para-hydroxylation sites is 1. The Labute approximate surface area is 148 Å². The van der Waals surface area contributed by atoms with Gasteiger partial charge in [-0.15, -0.1) is 0 Å². The van der Waals surface area contributed by atoms with Crippen LogP contribution in [0.4, 0.5) is 0 Å². The Morgan fingerprint density at radius 3 is 2.64 bits per heavy atom. The van der Waals surface area contributed by atoms with Gasteiger partial charge in [-0.05, 0) is 36.3 Å².